The van der Waals surface area contributed by atoms with Gasteiger partial charge in [-0.2, -0.15) is 0 Å². The van der Waals surface area contributed by atoms with E-state index in [1.54, 1.807) is 0 Å². The van der Waals surface area contributed by atoms with Gasteiger partial charge in [0.25, 0.3) is 0 Å². The average Bonchev–Trinajstić information content (AvgIpc) is 3.18. The Labute approximate surface area is 191 Å². The summed E-state index contributed by atoms with van der Waals surface area (Å²) in [5.41, 5.74) is 3.55. The molecule has 0 saturated heterocycles. The van der Waals surface area contributed by atoms with Crippen molar-refractivity contribution >= 4 is 16.9 Å². The molecule has 5 nitrogen and oxygen atoms in total. The van der Waals surface area contributed by atoms with Crippen molar-refractivity contribution in [1.82, 2.24) is 14.9 Å². The lowest BCUT2D eigenvalue weighted by molar-refractivity contribution is -0.116. The minimum absolute atomic E-state index is 0.131. The van der Waals surface area contributed by atoms with Gasteiger partial charge in [-0.15, -0.1) is 0 Å². The Balaban J connectivity index is 1.50. The van der Waals surface area contributed by atoms with E-state index in [1.165, 1.54) is 17.2 Å². The van der Waals surface area contributed by atoms with E-state index in [0.29, 0.717) is 19.1 Å². The highest BCUT2D eigenvalue weighted by Crippen LogP contribution is 2.22. The van der Waals surface area contributed by atoms with Crippen molar-refractivity contribution in [3.05, 3.63) is 72.6 Å². The summed E-state index contributed by atoms with van der Waals surface area (Å²) >= 11 is 0. The van der Waals surface area contributed by atoms with Gasteiger partial charge in [0.05, 0.1) is 17.6 Å². The number of unbranched alkanes of at least 4 members (excludes halogenated alkanes) is 1. The van der Waals surface area contributed by atoms with Gasteiger partial charge in [0.15, 0.2) is 0 Å². The molecule has 0 aliphatic heterocycles. The molecule has 0 radical (unpaired) electrons. The minimum atomic E-state index is -0.131. The highest BCUT2D eigenvalue weighted by Gasteiger charge is 2.10. The smallest absolute Gasteiger partial charge is 0.243 e. The topological polar surface area (TPSA) is 56.2 Å². The van der Waals surface area contributed by atoms with Crippen LogP contribution in [0.5, 0.6) is 5.75 Å². The van der Waals surface area contributed by atoms with Gasteiger partial charge in [0.2, 0.25) is 5.91 Å². The van der Waals surface area contributed by atoms with Gasteiger partial charge in [-0.25, -0.2) is 4.98 Å². The van der Waals surface area contributed by atoms with E-state index in [1.807, 2.05) is 6.07 Å². The summed E-state index contributed by atoms with van der Waals surface area (Å²) in [6.45, 7) is 10.2. The van der Waals surface area contributed by atoms with E-state index < -0.39 is 0 Å². The minimum Gasteiger partial charge on any atom is -0.494 e. The van der Waals surface area contributed by atoms with E-state index in [-0.39, 0.29) is 5.91 Å². The van der Waals surface area contributed by atoms with Gasteiger partial charge in [-0.1, -0.05) is 44.7 Å². The van der Waals surface area contributed by atoms with Crippen LogP contribution in [0.3, 0.4) is 0 Å². The first-order valence-corrected chi connectivity index (χ1v) is 11.7. The van der Waals surface area contributed by atoms with Crippen molar-refractivity contribution in [2.75, 3.05) is 13.2 Å². The lowest BCUT2D eigenvalue weighted by Crippen LogP contribution is -2.22. The zero-order valence-corrected chi connectivity index (χ0v) is 19.3. The normalized spacial score (nSPS) is 11.9. The van der Waals surface area contributed by atoms with Gasteiger partial charge in [-0.05, 0) is 67.5 Å². The quantitative estimate of drug-likeness (QED) is 0.280. The number of para-hydroxylation sites is 2. The zero-order chi connectivity index (χ0) is 22.8. The molecule has 1 atom stereocenters. The second kappa shape index (κ2) is 12.1. The van der Waals surface area contributed by atoms with Crippen LogP contribution in [0.4, 0.5) is 0 Å². The zero-order valence-electron chi connectivity index (χ0n) is 19.3. The highest BCUT2D eigenvalue weighted by atomic mass is 16.5. The predicted molar refractivity (Wildman–Crippen MR) is 131 cm³/mol. The van der Waals surface area contributed by atoms with Crippen LogP contribution in [0.25, 0.3) is 11.0 Å². The molecule has 170 valence electrons. The summed E-state index contributed by atoms with van der Waals surface area (Å²) in [6, 6.07) is 16.8. The van der Waals surface area contributed by atoms with Crippen LogP contribution in [0.2, 0.25) is 0 Å². The van der Waals surface area contributed by atoms with Crippen LogP contribution in [0, 0.1) is 0 Å². The molecule has 2 aromatic carbocycles. The van der Waals surface area contributed by atoms with Crippen LogP contribution >= 0.6 is 0 Å². The maximum absolute atomic E-state index is 11.3. The van der Waals surface area contributed by atoms with Crippen molar-refractivity contribution in [1.29, 1.82) is 0 Å². The summed E-state index contributed by atoms with van der Waals surface area (Å²) in [5.74, 6) is 2.46. The summed E-state index contributed by atoms with van der Waals surface area (Å²) in [7, 11) is 0. The Morgan fingerprint density at radius 3 is 2.69 bits per heavy atom. The van der Waals surface area contributed by atoms with Gasteiger partial charge < -0.3 is 14.6 Å². The number of fused-ring (bicyclic) bond motifs is 1. The molecular formula is C27H35N3O2. The number of hydrogen-bond donors (Lipinski definition) is 1. The lowest BCUT2D eigenvalue weighted by Gasteiger charge is -2.12. The Morgan fingerprint density at radius 2 is 1.94 bits per heavy atom. The van der Waals surface area contributed by atoms with Crippen LogP contribution in [0.15, 0.2) is 61.2 Å². The summed E-state index contributed by atoms with van der Waals surface area (Å²) in [5, 5.41) is 2.83. The summed E-state index contributed by atoms with van der Waals surface area (Å²) in [4.78, 5) is 16.2. The molecule has 0 bridgehead atoms. The molecule has 0 aliphatic rings. The number of aromatic nitrogens is 2. The van der Waals surface area contributed by atoms with E-state index >= 15 is 0 Å². The molecule has 0 saturated carbocycles. The molecular weight excluding hydrogens is 398 g/mol. The molecule has 1 N–H and O–H groups in total. The van der Waals surface area contributed by atoms with Crippen molar-refractivity contribution in [2.24, 2.45) is 0 Å². The SMILES string of the molecule is C=CC(=O)NCCCc1nc2ccccc2n1CCCCOc1ccc(C(C)CC)cc1. The number of nitrogens with one attached hydrogen (secondary N) is 1. The number of benzene rings is 2. The molecule has 1 unspecified atom stereocenters. The maximum Gasteiger partial charge on any atom is 0.243 e. The standard InChI is InChI=1S/C27H35N3O2/c1-4-21(3)22-14-16-23(17-15-22)32-20-9-8-19-30-25-12-7-6-11-24(25)29-26(30)13-10-18-28-27(31)5-2/h5-7,11-12,14-17,21H,2,4,8-10,13,18-20H2,1,3H3,(H,28,31). The van der Waals surface area contributed by atoms with E-state index in [4.69, 9.17) is 9.72 Å². The number of carbonyl (C=O) groups excluding carboxylic acids is 1. The van der Waals surface area contributed by atoms with Gasteiger partial charge in [0.1, 0.15) is 11.6 Å². The molecule has 1 amide bonds. The predicted octanol–water partition coefficient (Wildman–Crippen LogP) is 5.64. The largest absolute Gasteiger partial charge is 0.494 e. The first-order chi connectivity index (χ1) is 15.6. The Bertz CT molecular complexity index is 1010. The van der Waals surface area contributed by atoms with Crippen LogP contribution in [0.1, 0.15) is 56.8 Å². The van der Waals surface area contributed by atoms with Gasteiger partial charge in [0, 0.05) is 19.5 Å². The second-order valence-corrected chi connectivity index (χ2v) is 8.20. The van der Waals surface area contributed by atoms with Gasteiger partial charge in [-0.3, -0.25) is 4.79 Å². The first-order valence-electron chi connectivity index (χ1n) is 11.7. The number of ether oxygens (including phenoxy) is 1. The Kier molecular flexibility index (Phi) is 8.90. The summed E-state index contributed by atoms with van der Waals surface area (Å²) < 4.78 is 8.26. The molecule has 32 heavy (non-hydrogen) atoms. The van der Waals surface area contributed by atoms with Crippen LogP contribution in [-0.4, -0.2) is 28.6 Å². The molecule has 0 aliphatic carbocycles. The first kappa shape index (κ1) is 23.6. The molecule has 1 heterocycles. The molecule has 0 spiro atoms. The van der Waals surface area contributed by atoms with Crippen molar-refractivity contribution in [2.45, 2.75) is 58.4 Å². The molecule has 1 aromatic heterocycles. The Hall–Kier alpha value is -3.08. The summed E-state index contributed by atoms with van der Waals surface area (Å²) in [6.07, 6.45) is 6.12. The third-order valence-corrected chi connectivity index (χ3v) is 5.90. The lowest BCUT2D eigenvalue weighted by atomic mass is 9.99. The van der Waals surface area contributed by atoms with Crippen LogP contribution in [-0.2, 0) is 17.8 Å². The average molecular weight is 434 g/mol. The number of nitrogens with zero attached hydrogens (tertiary/aromatic N) is 2. The van der Waals surface area contributed by atoms with E-state index in [9.17, 15) is 4.79 Å². The second-order valence-electron chi connectivity index (χ2n) is 8.20. The number of imidazole rings is 1. The third-order valence-electron chi connectivity index (χ3n) is 5.90. The van der Waals surface area contributed by atoms with Crippen molar-refractivity contribution in [3.8, 4) is 5.75 Å². The van der Waals surface area contributed by atoms with Gasteiger partial charge >= 0.3 is 0 Å². The number of hydrogen-bond acceptors (Lipinski definition) is 3. The Morgan fingerprint density at radius 1 is 1.16 bits per heavy atom. The number of carbonyl (C=O) groups is 1. The fraction of sp³-hybridized carbons (Fsp3) is 0.407. The number of aryl methyl sites for hydroxylation is 2. The third kappa shape index (κ3) is 6.46. The molecule has 3 aromatic rings. The van der Waals surface area contributed by atoms with Crippen molar-refractivity contribution < 1.29 is 9.53 Å². The van der Waals surface area contributed by atoms with Crippen molar-refractivity contribution in [3.63, 3.8) is 0 Å². The number of amides is 1. The monoisotopic (exact) mass is 433 g/mol. The molecule has 0 fully saturated rings. The maximum atomic E-state index is 11.3. The fourth-order valence-electron chi connectivity index (χ4n) is 3.79. The van der Waals surface area contributed by atoms with E-state index in [2.05, 4.69) is 72.8 Å². The highest BCUT2D eigenvalue weighted by molar-refractivity contribution is 5.86. The van der Waals surface area contributed by atoms with Crippen LogP contribution < -0.4 is 10.1 Å². The number of rotatable bonds is 13. The fourth-order valence-corrected chi connectivity index (χ4v) is 3.79. The molecule has 3 rings (SSSR count). The van der Waals surface area contributed by atoms with E-state index in [0.717, 1.165) is 55.7 Å². The molecule has 5 heteroatoms.